The molecular weight excluding hydrogens is 287 g/mol. The molecule has 0 saturated carbocycles. The van der Waals surface area contributed by atoms with E-state index in [-0.39, 0.29) is 6.42 Å². The summed E-state index contributed by atoms with van der Waals surface area (Å²) in [5.74, 6) is -0.629. The summed E-state index contributed by atoms with van der Waals surface area (Å²) in [6, 6.07) is 12.8. The van der Waals surface area contributed by atoms with Gasteiger partial charge in [-0.15, -0.1) is 5.10 Å². The van der Waals surface area contributed by atoms with Gasteiger partial charge in [-0.05, 0) is 34.2 Å². The van der Waals surface area contributed by atoms with E-state index in [9.17, 15) is 9.18 Å². The molecule has 0 amide bonds. The molecule has 0 unspecified atom stereocenters. The fraction of sp³-hybridized carbons (Fsp3) is 0.0667. The Labute approximate surface area is 125 Å². The highest BCUT2D eigenvalue weighted by molar-refractivity contribution is 5.75. The summed E-state index contributed by atoms with van der Waals surface area (Å²) in [6.07, 6.45) is 1.29. The molecule has 2 aromatic carbocycles. The lowest BCUT2D eigenvalue weighted by molar-refractivity contribution is -0.133. The largest absolute Gasteiger partial charge is 0.426 e. The minimum absolute atomic E-state index is 0.137. The van der Waals surface area contributed by atoms with Gasteiger partial charge < -0.3 is 4.74 Å². The summed E-state index contributed by atoms with van der Waals surface area (Å²) < 4.78 is 20.2. The van der Waals surface area contributed by atoms with Gasteiger partial charge in [0.15, 0.2) is 0 Å². The molecule has 0 fully saturated rings. The molecular formula is C15H11FN4O2. The number of halogens is 1. The zero-order valence-electron chi connectivity index (χ0n) is 11.4. The average Bonchev–Trinajstić information content (AvgIpc) is 3.04. The Kier molecular flexibility index (Phi) is 3.86. The molecule has 3 rings (SSSR count). The van der Waals surface area contributed by atoms with Gasteiger partial charge in [0.05, 0.1) is 12.1 Å². The van der Waals surface area contributed by atoms with Crippen molar-refractivity contribution in [3.63, 3.8) is 0 Å². The van der Waals surface area contributed by atoms with Crippen LogP contribution in [0.3, 0.4) is 0 Å². The lowest BCUT2D eigenvalue weighted by atomic mass is 10.1. The molecule has 1 heterocycles. The number of carbonyl (C=O) groups excluding carboxylic acids is 1. The average molecular weight is 298 g/mol. The number of rotatable bonds is 4. The van der Waals surface area contributed by atoms with Gasteiger partial charge in [-0.3, -0.25) is 4.79 Å². The van der Waals surface area contributed by atoms with Crippen molar-refractivity contribution in [1.82, 2.24) is 20.2 Å². The number of esters is 1. The van der Waals surface area contributed by atoms with Crippen molar-refractivity contribution >= 4 is 5.97 Å². The fourth-order valence-electron chi connectivity index (χ4n) is 1.93. The quantitative estimate of drug-likeness (QED) is 0.544. The van der Waals surface area contributed by atoms with E-state index >= 15 is 0 Å². The van der Waals surface area contributed by atoms with Crippen molar-refractivity contribution in [3.8, 4) is 11.4 Å². The molecule has 0 bridgehead atoms. The van der Waals surface area contributed by atoms with Crippen LogP contribution < -0.4 is 4.74 Å². The van der Waals surface area contributed by atoms with Crippen molar-refractivity contribution in [1.29, 1.82) is 0 Å². The fourth-order valence-corrected chi connectivity index (χ4v) is 1.93. The third kappa shape index (κ3) is 3.14. The van der Waals surface area contributed by atoms with Crippen LogP contribution in [0.1, 0.15) is 5.56 Å². The first-order chi connectivity index (χ1) is 10.7. The Balaban J connectivity index is 1.72. The molecule has 0 N–H and O–H groups in total. The SMILES string of the molecule is O=C(Cc1ccccc1F)Oc1cccc(-n2cnnn2)c1. The first kappa shape index (κ1) is 13.9. The van der Waals surface area contributed by atoms with Crippen LogP contribution in [0.2, 0.25) is 0 Å². The van der Waals surface area contributed by atoms with E-state index in [0.29, 0.717) is 17.0 Å². The van der Waals surface area contributed by atoms with Gasteiger partial charge in [0.1, 0.15) is 17.9 Å². The molecule has 1 aromatic heterocycles. The maximum atomic E-state index is 13.5. The minimum Gasteiger partial charge on any atom is -0.426 e. The maximum absolute atomic E-state index is 13.5. The number of carbonyl (C=O) groups is 1. The van der Waals surface area contributed by atoms with Gasteiger partial charge in [0, 0.05) is 6.07 Å². The Morgan fingerprint density at radius 2 is 2.05 bits per heavy atom. The summed E-state index contributed by atoms with van der Waals surface area (Å²) in [7, 11) is 0. The summed E-state index contributed by atoms with van der Waals surface area (Å²) in [6.45, 7) is 0. The van der Waals surface area contributed by atoms with Crippen LogP contribution in [0.4, 0.5) is 4.39 Å². The number of tetrazole rings is 1. The van der Waals surface area contributed by atoms with Crippen molar-refractivity contribution in [2.24, 2.45) is 0 Å². The lowest BCUT2D eigenvalue weighted by Gasteiger charge is -2.06. The molecule has 0 saturated heterocycles. The van der Waals surface area contributed by atoms with E-state index in [1.165, 1.54) is 17.1 Å². The summed E-state index contributed by atoms with van der Waals surface area (Å²) in [4.78, 5) is 11.9. The normalized spacial score (nSPS) is 10.4. The van der Waals surface area contributed by atoms with E-state index in [1.54, 1.807) is 42.5 Å². The summed E-state index contributed by atoms with van der Waals surface area (Å²) in [5.41, 5.74) is 0.949. The van der Waals surface area contributed by atoms with Crippen molar-refractivity contribution in [3.05, 3.63) is 66.2 Å². The van der Waals surface area contributed by atoms with Crippen molar-refractivity contribution in [2.45, 2.75) is 6.42 Å². The zero-order valence-corrected chi connectivity index (χ0v) is 11.4. The van der Waals surface area contributed by atoms with Crippen LogP contribution in [-0.2, 0) is 11.2 Å². The molecule has 6 nitrogen and oxygen atoms in total. The molecule has 0 radical (unpaired) electrons. The second-order valence-corrected chi connectivity index (χ2v) is 4.49. The Morgan fingerprint density at radius 1 is 1.18 bits per heavy atom. The first-order valence-corrected chi connectivity index (χ1v) is 6.50. The topological polar surface area (TPSA) is 69.9 Å². The van der Waals surface area contributed by atoms with Crippen LogP contribution in [-0.4, -0.2) is 26.2 Å². The van der Waals surface area contributed by atoms with E-state index < -0.39 is 11.8 Å². The Bertz CT molecular complexity index is 790. The number of nitrogens with zero attached hydrogens (tertiary/aromatic N) is 4. The highest BCUT2D eigenvalue weighted by Gasteiger charge is 2.10. The summed E-state index contributed by atoms with van der Waals surface area (Å²) >= 11 is 0. The van der Waals surface area contributed by atoms with Gasteiger partial charge in [-0.1, -0.05) is 24.3 Å². The van der Waals surface area contributed by atoms with Crippen LogP contribution in [0.25, 0.3) is 5.69 Å². The number of hydrogen-bond acceptors (Lipinski definition) is 5. The highest BCUT2D eigenvalue weighted by Crippen LogP contribution is 2.17. The smallest absolute Gasteiger partial charge is 0.315 e. The first-order valence-electron chi connectivity index (χ1n) is 6.50. The lowest BCUT2D eigenvalue weighted by Crippen LogP contribution is -2.12. The third-order valence-electron chi connectivity index (χ3n) is 2.96. The third-order valence-corrected chi connectivity index (χ3v) is 2.96. The number of hydrogen-bond donors (Lipinski definition) is 0. The molecule has 0 aliphatic carbocycles. The molecule has 0 aliphatic rings. The zero-order chi connectivity index (χ0) is 15.4. The maximum Gasteiger partial charge on any atom is 0.315 e. The molecule has 110 valence electrons. The van der Waals surface area contributed by atoms with Gasteiger partial charge in [-0.25, -0.2) is 9.07 Å². The predicted molar refractivity (Wildman–Crippen MR) is 74.9 cm³/mol. The monoisotopic (exact) mass is 298 g/mol. The highest BCUT2D eigenvalue weighted by atomic mass is 19.1. The second-order valence-electron chi connectivity index (χ2n) is 4.49. The van der Waals surface area contributed by atoms with E-state index in [1.807, 2.05) is 0 Å². The molecule has 0 atom stereocenters. The predicted octanol–water partition coefficient (Wildman–Crippen LogP) is 1.95. The van der Waals surface area contributed by atoms with Crippen LogP contribution >= 0.6 is 0 Å². The number of ether oxygens (including phenoxy) is 1. The molecule has 0 spiro atoms. The molecule has 22 heavy (non-hydrogen) atoms. The van der Waals surface area contributed by atoms with Gasteiger partial charge in [0.25, 0.3) is 0 Å². The minimum atomic E-state index is -0.543. The van der Waals surface area contributed by atoms with Crippen LogP contribution in [0.15, 0.2) is 54.9 Å². The second kappa shape index (κ2) is 6.13. The molecule has 0 aliphatic heterocycles. The van der Waals surface area contributed by atoms with Gasteiger partial charge in [0.2, 0.25) is 0 Å². The van der Waals surface area contributed by atoms with Crippen molar-refractivity contribution in [2.75, 3.05) is 0 Å². The number of aromatic nitrogens is 4. The summed E-state index contributed by atoms with van der Waals surface area (Å²) in [5, 5.41) is 10.8. The number of benzene rings is 2. The van der Waals surface area contributed by atoms with Crippen LogP contribution in [0.5, 0.6) is 5.75 Å². The Hall–Kier alpha value is -3.09. The molecule has 7 heteroatoms. The van der Waals surface area contributed by atoms with Gasteiger partial charge >= 0.3 is 5.97 Å². The van der Waals surface area contributed by atoms with E-state index in [4.69, 9.17) is 4.74 Å². The standard InChI is InChI=1S/C15H11FN4O2/c16-14-7-2-1-4-11(14)8-15(21)22-13-6-3-5-12(9-13)20-10-17-18-19-20/h1-7,9-10H,8H2. The van der Waals surface area contributed by atoms with Crippen LogP contribution in [0, 0.1) is 5.82 Å². The van der Waals surface area contributed by atoms with E-state index in [2.05, 4.69) is 15.5 Å². The molecule has 3 aromatic rings. The van der Waals surface area contributed by atoms with E-state index in [0.717, 1.165) is 0 Å². The van der Waals surface area contributed by atoms with Crippen molar-refractivity contribution < 1.29 is 13.9 Å². The Morgan fingerprint density at radius 3 is 2.82 bits per heavy atom. The van der Waals surface area contributed by atoms with Gasteiger partial charge in [-0.2, -0.15) is 0 Å².